The second-order valence-corrected chi connectivity index (χ2v) is 5.04. The Bertz CT molecular complexity index is 1140. The fourth-order valence-corrected chi connectivity index (χ4v) is 2.99. The van der Waals surface area contributed by atoms with Crippen molar-refractivity contribution in [2.45, 2.75) is 0 Å². The molecule has 98 valence electrons. The van der Waals surface area contributed by atoms with Crippen molar-refractivity contribution in [1.82, 2.24) is 19.4 Å². The zero-order valence-corrected chi connectivity index (χ0v) is 11.1. The van der Waals surface area contributed by atoms with Crippen LogP contribution in [0.3, 0.4) is 0 Å². The van der Waals surface area contributed by atoms with E-state index in [1.165, 1.54) is 5.39 Å². The highest BCUT2D eigenvalue weighted by molar-refractivity contribution is 6.12. The number of hydrogen-bond acceptors (Lipinski definition) is 3. The zero-order valence-electron chi connectivity index (χ0n) is 11.1. The summed E-state index contributed by atoms with van der Waals surface area (Å²) < 4.78 is 2.05. The molecular weight excluding hydrogens is 260 g/mol. The van der Waals surface area contributed by atoms with Crippen molar-refractivity contribution >= 4 is 38.6 Å². The number of fused-ring (bicyclic) bond motifs is 8. The summed E-state index contributed by atoms with van der Waals surface area (Å²) in [6, 6.07) is 16.3. The largest absolute Gasteiger partial charge is 0.260 e. The summed E-state index contributed by atoms with van der Waals surface area (Å²) in [4.78, 5) is 13.8. The van der Waals surface area contributed by atoms with E-state index in [2.05, 4.69) is 28.2 Å². The van der Waals surface area contributed by atoms with Crippen LogP contribution in [-0.4, -0.2) is 19.4 Å². The van der Waals surface area contributed by atoms with Gasteiger partial charge in [0.25, 0.3) is 0 Å². The van der Waals surface area contributed by atoms with E-state index >= 15 is 0 Å². The third-order valence-electron chi connectivity index (χ3n) is 3.87. The predicted octanol–water partition coefficient (Wildman–Crippen LogP) is 3.58. The summed E-state index contributed by atoms with van der Waals surface area (Å²) in [5.74, 6) is 0. The second kappa shape index (κ2) is 3.76. The molecule has 4 aromatic heterocycles. The first-order valence-corrected chi connectivity index (χ1v) is 6.82. The van der Waals surface area contributed by atoms with Crippen molar-refractivity contribution < 1.29 is 0 Å². The van der Waals surface area contributed by atoms with Crippen LogP contribution in [-0.2, 0) is 0 Å². The molecule has 5 aromatic rings. The number of imidazole rings is 1. The highest BCUT2D eigenvalue weighted by atomic mass is 15.1. The number of aromatic nitrogens is 4. The number of hydrogen-bond donors (Lipinski definition) is 0. The van der Waals surface area contributed by atoms with Gasteiger partial charge in [0, 0.05) is 23.2 Å². The quantitative estimate of drug-likeness (QED) is 0.404. The average molecular weight is 270 g/mol. The summed E-state index contributed by atoms with van der Waals surface area (Å²) in [5.41, 5.74) is 3.54. The van der Waals surface area contributed by atoms with E-state index in [1.807, 2.05) is 40.9 Å². The van der Waals surface area contributed by atoms with Crippen LogP contribution >= 0.6 is 0 Å². The van der Waals surface area contributed by atoms with Gasteiger partial charge in [-0.2, -0.15) is 0 Å². The van der Waals surface area contributed by atoms with Gasteiger partial charge in [-0.1, -0.05) is 24.3 Å². The van der Waals surface area contributed by atoms with Crippen molar-refractivity contribution in [1.29, 1.82) is 0 Å². The van der Waals surface area contributed by atoms with Gasteiger partial charge in [0.2, 0.25) is 0 Å². The van der Waals surface area contributed by atoms with Crippen LogP contribution in [0.1, 0.15) is 0 Å². The van der Waals surface area contributed by atoms with Crippen LogP contribution in [0.25, 0.3) is 38.6 Å². The molecule has 0 spiro atoms. The number of rotatable bonds is 0. The van der Waals surface area contributed by atoms with Crippen molar-refractivity contribution in [3.05, 3.63) is 60.9 Å². The van der Waals surface area contributed by atoms with Crippen LogP contribution < -0.4 is 0 Å². The lowest BCUT2D eigenvalue weighted by Crippen LogP contribution is -1.94. The van der Waals surface area contributed by atoms with Crippen LogP contribution in [0.5, 0.6) is 0 Å². The number of nitrogens with zero attached hydrogens (tertiary/aromatic N) is 4. The molecule has 0 N–H and O–H groups in total. The first-order chi connectivity index (χ1) is 10.4. The summed E-state index contributed by atoms with van der Waals surface area (Å²) in [6.45, 7) is 0. The van der Waals surface area contributed by atoms with Crippen LogP contribution in [0.15, 0.2) is 60.9 Å². The smallest absolute Gasteiger partial charge is 0.166 e. The van der Waals surface area contributed by atoms with E-state index in [4.69, 9.17) is 4.98 Å². The normalized spacial score (nSPS) is 11.8. The zero-order chi connectivity index (χ0) is 13.8. The maximum absolute atomic E-state index is 4.75. The Morgan fingerprint density at radius 2 is 1.29 bits per heavy atom. The molecular formula is C17H10N4. The third-order valence-corrected chi connectivity index (χ3v) is 3.87. The summed E-state index contributed by atoms with van der Waals surface area (Å²) in [7, 11) is 0. The van der Waals surface area contributed by atoms with Crippen molar-refractivity contribution in [3.63, 3.8) is 0 Å². The Labute approximate surface area is 119 Å². The van der Waals surface area contributed by atoms with E-state index in [0.717, 1.165) is 33.2 Å². The van der Waals surface area contributed by atoms with Gasteiger partial charge in [0.05, 0.1) is 0 Å². The van der Waals surface area contributed by atoms with E-state index < -0.39 is 0 Å². The first-order valence-electron chi connectivity index (χ1n) is 6.82. The topological polar surface area (TPSA) is 43.1 Å². The molecule has 0 saturated heterocycles. The van der Waals surface area contributed by atoms with Gasteiger partial charge in [-0.15, -0.1) is 0 Å². The maximum atomic E-state index is 4.75. The van der Waals surface area contributed by atoms with Gasteiger partial charge >= 0.3 is 0 Å². The molecule has 4 heteroatoms. The molecule has 4 heterocycles. The second-order valence-electron chi connectivity index (χ2n) is 5.04. The minimum absolute atomic E-state index is 0.849. The van der Waals surface area contributed by atoms with E-state index in [1.54, 1.807) is 6.20 Å². The molecule has 4 nitrogen and oxygen atoms in total. The average Bonchev–Trinajstić information content (AvgIpc) is 2.95. The number of benzene rings is 1. The fourth-order valence-electron chi connectivity index (χ4n) is 2.99. The highest BCUT2D eigenvalue weighted by Crippen LogP contribution is 2.30. The minimum atomic E-state index is 0.849. The van der Waals surface area contributed by atoms with Crippen molar-refractivity contribution in [2.75, 3.05) is 0 Å². The van der Waals surface area contributed by atoms with Gasteiger partial charge in [-0.3, -0.25) is 4.40 Å². The Morgan fingerprint density at radius 1 is 0.619 bits per heavy atom. The molecule has 5 rings (SSSR count). The SMILES string of the molecule is c1cnc2c(c1)nc1c3ccccc3c3cccnc3n21. The minimum Gasteiger partial charge on any atom is -0.260 e. The molecule has 0 aliphatic rings. The lowest BCUT2D eigenvalue weighted by atomic mass is 10.1. The molecule has 0 aliphatic carbocycles. The predicted molar refractivity (Wildman–Crippen MR) is 83.3 cm³/mol. The molecule has 0 bridgehead atoms. The molecule has 21 heavy (non-hydrogen) atoms. The lowest BCUT2D eigenvalue weighted by Gasteiger charge is -2.06. The molecule has 0 amide bonds. The van der Waals surface area contributed by atoms with Gasteiger partial charge in [-0.25, -0.2) is 15.0 Å². The third kappa shape index (κ3) is 1.31. The van der Waals surface area contributed by atoms with Crippen molar-refractivity contribution in [2.24, 2.45) is 0 Å². The van der Waals surface area contributed by atoms with E-state index in [9.17, 15) is 0 Å². The monoisotopic (exact) mass is 270 g/mol. The number of pyridine rings is 3. The molecule has 0 radical (unpaired) electrons. The Hall–Kier alpha value is -3.01. The van der Waals surface area contributed by atoms with Gasteiger partial charge < -0.3 is 0 Å². The van der Waals surface area contributed by atoms with Gasteiger partial charge in [-0.05, 0) is 29.7 Å². The fraction of sp³-hybridized carbons (Fsp3) is 0. The lowest BCUT2D eigenvalue weighted by molar-refractivity contribution is 1.20. The molecule has 0 unspecified atom stereocenters. The van der Waals surface area contributed by atoms with Crippen LogP contribution in [0.4, 0.5) is 0 Å². The standard InChI is InChI=1S/C17H10N4/c1-2-6-13-11(5-1)12-7-3-9-18-15(12)21-16(13)20-14-8-4-10-19-17(14)21/h1-10H. The summed E-state index contributed by atoms with van der Waals surface area (Å²) in [6.07, 6.45) is 3.60. The first kappa shape index (κ1) is 10.7. The maximum Gasteiger partial charge on any atom is 0.166 e. The van der Waals surface area contributed by atoms with Gasteiger partial charge in [0.15, 0.2) is 5.65 Å². The summed E-state index contributed by atoms with van der Waals surface area (Å²) in [5, 5.41) is 3.41. The molecule has 1 aromatic carbocycles. The Balaban J connectivity index is 2.25. The Morgan fingerprint density at radius 3 is 2.19 bits per heavy atom. The van der Waals surface area contributed by atoms with Crippen LogP contribution in [0, 0.1) is 0 Å². The van der Waals surface area contributed by atoms with E-state index in [-0.39, 0.29) is 0 Å². The molecule has 0 saturated carbocycles. The van der Waals surface area contributed by atoms with Crippen LogP contribution in [0.2, 0.25) is 0 Å². The summed E-state index contributed by atoms with van der Waals surface area (Å²) >= 11 is 0. The molecule has 0 atom stereocenters. The molecule has 0 aliphatic heterocycles. The van der Waals surface area contributed by atoms with E-state index in [0.29, 0.717) is 0 Å². The Kier molecular flexibility index (Phi) is 1.92. The highest BCUT2D eigenvalue weighted by Gasteiger charge is 2.13. The molecule has 0 fully saturated rings. The van der Waals surface area contributed by atoms with Crippen molar-refractivity contribution in [3.8, 4) is 0 Å². The van der Waals surface area contributed by atoms with Gasteiger partial charge in [0.1, 0.15) is 16.8 Å².